The molecule has 0 unspecified atom stereocenters. The molecule has 0 radical (unpaired) electrons. The number of hydrazone groups is 1. The molecule has 44 heavy (non-hydrogen) atoms. The van der Waals surface area contributed by atoms with Crippen LogP contribution in [0, 0.1) is 17.7 Å². The van der Waals surface area contributed by atoms with E-state index in [1.165, 1.54) is 6.07 Å². The van der Waals surface area contributed by atoms with Gasteiger partial charge in [-0.2, -0.15) is 5.10 Å². The number of benzene rings is 3. The summed E-state index contributed by atoms with van der Waals surface area (Å²) in [7, 11) is -3.34. The normalized spacial score (nSPS) is 22.1. The molecule has 0 amide bonds. The van der Waals surface area contributed by atoms with Gasteiger partial charge in [0.25, 0.3) is 0 Å². The van der Waals surface area contributed by atoms with Crippen LogP contribution >= 0.6 is 0 Å². The van der Waals surface area contributed by atoms with Crippen LogP contribution in [0.2, 0.25) is 0 Å². The molecule has 1 N–H and O–H groups in total. The van der Waals surface area contributed by atoms with Gasteiger partial charge in [0.15, 0.2) is 9.84 Å². The molecule has 5 rings (SSSR count). The second-order valence-electron chi connectivity index (χ2n) is 11.5. The molecule has 0 spiro atoms. The Morgan fingerprint density at radius 2 is 1.73 bits per heavy atom. The van der Waals surface area contributed by atoms with Crippen LogP contribution in [0.1, 0.15) is 39.2 Å². The van der Waals surface area contributed by atoms with E-state index in [4.69, 9.17) is 14.6 Å². The van der Waals surface area contributed by atoms with Crippen molar-refractivity contribution in [2.75, 3.05) is 35.9 Å². The molecule has 234 valence electrons. The highest BCUT2D eigenvalue weighted by molar-refractivity contribution is 7.90. The van der Waals surface area contributed by atoms with Crippen LogP contribution in [-0.4, -0.2) is 63.3 Å². The summed E-state index contributed by atoms with van der Waals surface area (Å²) in [6.45, 7) is 7.72. The number of sulfone groups is 1. The first-order chi connectivity index (χ1) is 20.9. The van der Waals surface area contributed by atoms with Crippen molar-refractivity contribution in [3.63, 3.8) is 0 Å². The second kappa shape index (κ2) is 12.9. The number of halogens is 1. The monoisotopic (exact) mass is 623 g/mol. The van der Waals surface area contributed by atoms with E-state index in [0.717, 1.165) is 23.9 Å². The van der Waals surface area contributed by atoms with Crippen molar-refractivity contribution in [3.05, 3.63) is 78.1 Å². The number of rotatable bonds is 10. The van der Waals surface area contributed by atoms with Gasteiger partial charge in [0, 0.05) is 43.7 Å². The molecule has 2 aliphatic heterocycles. The molecule has 3 aromatic rings. The fourth-order valence-corrected chi connectivity index (χ4v) is 6.55. The number of carboxylic acids is 1. The van der Waals surface area contributed by atoms with Gasteiger partial charge >= 0.3 is 5.97 Å². The summed E-state index contributed by atoms with van der Waals surface area (Å²) in [5, 5.41) is 16.2. The molecule has 9 nitrogen and oxygen atoms in total. The number of carbonyl (C=O) groups is 1. The largest absolute Gasteiger partial charge is 0.494 e. The Kier molecular flexibility index (Phi) is 9.15. The molecule has 0 aliphatic carbocycles. The van der Waals surface area contributed by atoms with E-state index in [9.17, 15) is 22.7 Å². The van der Waals surface area contributed by atoms with Crippen molar-refractivity contribution in [3.8, 4) is 11.5 Å². The maximum absolute atomic E-state index is 14.6. The number of anilines is 2. The van der Waals surface area contributed by atoms with Gasteiger partial charge in [-0.15, -0.1) is 0 Å². The van der Waals surface area contributed by atoms with Crippen LogP contribution < -0.4 is 19.4 Å². The summed E-state index contributed by atoms with van der Waals surface area (Å²) < 4.78 is 50.3. The molecule has 11 heteroatoms. The van der Waals surface area contributed by atoms with Gasteiger partial charge in [-0.05, 0) is 61.0 Å². The molecule has 3 aromatic carbocycles. The number of piperidine rings is 1. The third-order valence-electron chi connectivity index (χ3n) is 8.28. The SMILES string of the molecule is CCOc1ccc(F)c(N2CC[C@@H](Oc3ccc(N4N=C(c5ccc(S(C)(=O)=O)cc5)[C@@H](C)[C@@H]4CC(=O)O)cc3)[C@H](C)C2)c1. The number of hydrogen-bond donors (Lipinski definition) is 1. The Balaban J connectivity index is 1.29. The predicted molar refractivity (Wildman–Crippen MR) is 168 cm³/mol. The van der Waals surface area contributed by atoms with Gasteiger partial charge in [-0.1, -0.05) is 26.0 Å². The van der Waals surface area contributed by atoms with Crippen LogP contribution in [-0.2, 0) is 14.6 Å². The summed E-state index contributed by atoms with van der Waals surface area (Å²) in [5.74, 6) is 0.0566. The zero-order valence-electron chi connectivity index (χ0n) is 25.3. The molecule has 0 aromatic heterocycles. The number of nitrogens with zero attached hydrogens (tertiary/aromatic N) is 3. The Bertz CT molecular complexity index is 1630. The van der Waals surface area contributed by atoms with E-state index < -0.39 is 21.8 Å². The average Bonchev–Trinajstić information content (AvgIpc) is 3.30. The van der Waals surface area contributed by atoms with Crippen molar-refractivity contribution in [1.29, 1.82) is 0 Å². The second-order valence-corrected chi connectivity index (χ2v) is 13.5. The molecule has 2 aliphatic rings. The smallest absolute Gasteiger partial charge is 0.305 e. The minimum Gasteiger partial charge on any atom is -0.494 e. The Morgan fingerprint density at radius 3 is 2.34 bits per heavy atom. The van der Waals surface area contributed by atoms with Crippen LogP contribution in [0.25, 0.3) is 0 Å². The summed E-state index contributed by atoms with van der Waals surface area (Å²) >= 11 is 0. The summed E-state index contributed by atoms with van der Waals surface area (Å²) in [5.41, 5.74) is 2.70. The predicted octanol–water partition coefficient (Wildman–Crippen LogP) is 5.63. The lowest BCUT2D eigenvalue weighted by Crippen LogP contribution is -2.44. The highest BCUT2D eigenvalue weighted by Gasteiger charge is 2.37. The maximum atomic E-state index is 14.6. The third kappa shape index (κ3) is 6.83. The minimum absolute atomic E-state index is 0.0543. The van der Waals surface area contributed by atoms with Crippen LogP contribution in [0.4, 0.5) is 15.8 Å². The lowest BCUT2D eigenvalue weighted by Gasteiger charge is -2.38. The third-order valence-corrected chi connectivity index (χ3v) is 9.41. The van der Waals surface area contributed by atoms with E-state index >= 15 is 0 Å². The fourth-order valence-electron chi connectivity index (χ4n) is 5.92. The van der Waals surface area contributed by atoms with E-state index in [1.807, 2.05) is 43.0 Å². The minimum atomic E-state index is -3.34. The standard InChI is InChI=1S/C33H38FN3O6S/c1-5-42-26-12-15-28(34)30(18-26)36-17-16-31(21(2)20-36)43-25-10-8-24(9-11-25)37-29(19-32(38)39)22(3)33(35-37)23-6-13-27(14-7-23)44(4,40)41/h6-15,18,21-22,29,31H,5,16-17,19-20H2,1-4H3,(H,38,39)/t21-,22+,29+,31-/m1/s1. The van der Waals surface area contributed by atoms with Gasteiger partial charge in [0.05, 0.1) is 41.1 Å². The first-order valence-electron chi connectivity index (χ1n) is 14.8. The first kappa shape index (κ1) is 31.3. The lowest BCUT2D eigenvalue weighted by molar-refractivity contribution is -0.137. The fraction of sp³-hybridized carbons (Fsp3) is 0.394. The van der Waals surface area contributed by atoms with Crippen molar-refractivity contribution < 1.29 is 32.2 Å². The van der Waals surface area contributed by atoms with E-state index in [2.05, 4.69) is 6.92 Å². The molecule has 2 heterocycles. The van der Waals surface area contributed by atoms with Crippen LogP contribution in [0.3, 0.4) is 0 Å². The van der Waals surface area contributed by atoms with Crippen LogP contribution in [0.5, 0.6) is 11.5 Å². The number of ether oxygens (including phenoxy) is 2. The van der Waals surface area contributed by atoms with Gasteiger partial charge in [0.1, 0.15) is 23.4 Å². The first-order valence-corrected chi connectivity index (χ1v) is 16.7. The highest BCUT2D eigenvalue weighted by atomic mass is 32.2. The van der Waals surface area contributed by atoms with Gasteiger partial charge < -0.3 is 19.5 Å². The van der Waals surface area contributed by atoms with Crippen molar-refractivity contribution in [2.24, 2.45) is 16.9 Å². The number of carboxylic acid groups (broad SMARTS) is 1. The van der Waals surface area contributed by atoms with Gasteiger partial charge in [-0.25, -0.2) is 12.8 Å². The van der Waals surface area contributed by atoms with E-state index in [-0.39, 0.29) is 35.1 Å². The zero-order chi connectivity index (χ0) is 31.6. The summed E-state index contributed by atoms with van der Waals surface area (Å²) in [6.07, 6.45) is 1.71. The Hall–Kier alpha value is -4.12. The molecule has 4 atom stereocenters. The zero-order valence-corrected chi connectivity index (χ0v) is 26.1. The van der Waals surface area contributed by atoms with Crippen molar-refractivity contribution in [1.82, 2.24) is 0 Å². The Labute approximate surface area is 257 Å². The molecule has 1 saturated heterocycles. The highest BCUT2D eigenvalue weighted by Crippen LogP contribution is 2.35. The van der Waals surface area contributed by atoms with Gasteiger partial charge in [-0.3, -0.25) is 9.80 Å². The average molecular weight is 624 g/mol. The lowest BCUT2D eigenvalue weighted by atomic mass is 9.91. The molecule has 0 saturated carbocycles. The summed E-state index contributed by atoms with van der Waals surface area (Å²) in [4.78, 5) is 14.0. The van der Waals surface area contributed by atoms with E-state index in [1.54, 1.807) is 41.4 Å². The molecule has 1 fully saturated rings. The number of hydrogen-bond acceptors (Lipinski definition) is 8. The topological polar surface area (TPSA) is 109 Å². The van der Waals surface area contributed by atoms with E-state index in [0.29, 0.717) is 42.6 Å². The molecule has 0 bridgehead atoms. The van der Waals surface area contributed by atoms with Crippen molar-refractivity contribution in [2.45, 2.75) is 50.7 Å². The quantitative estimate of drug-likeness (QED) is 0.310. The van der Waals surface area contributed by atoms with Crippen molar-refractivity contribution >= 4 is 32.9 Å². The van der Waals surface area contributed by atoms with Crippen LogP contribution in [0.15, 0.2) is 76.7 Å². The molecular weight excluding hydrogens is 585 g/mol. The Morgan fingerprint density at radius 1 is 1.05 bits per heavy atom. The maximum Gasteiger partial charge on any atom is 0.305 e. The molecular formula is C33H38FN3O6S. The van der Waals surface area contributed by atoms with Gasteiger partial charge in [0.2, 0.25) is 0 Å². The number of aliphatic carboxylic acids is 1. The summed E-state index contributed by atoms with van der Waals surface area (Å²) in [6, 6.07) is 18.4.